The molecule has 210 valence electrons. The summed E-state index contributed by atoms with van der Waals surface area (Å²) in [5.74, 6) is -2.96. The maximum absolute atomic E-state index is 14.2. The van der Waals surface area contributed by atoms with Gasteiger partial charge in [-0.2, -0.15) is 4.37 Å². The number of nitrogens with zero attached hydrogens (tertiary/aromatic N) is 3. The largest absolute Gasteiger partial charge is 0.468 e. The minimum Gasteiger partial charge on any atom is -0.468 e. The third-order valence-electron chi connectivity index (χ3n) is 6.19. The van der Waals surface area contributed by atoms with Gasteiger partial charge in [-0.25, -0.2) is 13.6 Å². The van der Waals surface area contributed by atoms with Gasteiger partial charge in [0.25, 0.3) is 5.91 Å². The number of carbonyl (C=O) groups excluding carboxylic acids is 2. The van der Waals surface area contributed by atoms with Crippen molar-refractivity contribution >= 4 is 40.1 Å². The van der Waals surface area contributed by atoms with E-state index in [1.54, 1.807) is 0 Å². The number of unbranched alkanes of at least 4 members (excludes halogenated alkanes) is 2. The number of nitrogens with two attached hydrogens (primary N) is 1. The summed E-state index contributed by atoms with van der Waals surface area (Å²) in [7, 11) is 0. The number of halogens is 3. The number of ether oxygens (including phenoxy) is 1. The van der Waals surface area contributed by atoms with Crippen molar-refractivity contribution in [3.8, 4) is 5.88 Å². The summed E-state index contributed by atoms with van der Waals surface area (Å²) in [4.78, 5) is 29.0. The SMILES string of the molecule is CC(Oc1nsc(NC(=O)NCCCCCN2CCN(CCO)CC2)c1C(N)=O)c1c(F)cc(Cl)cc1F. The molecule has 1 aliphatic rings. The van der Waals surface area contributed by atoms with E-state index in [1.165, 1.54) is 6.92 Å². The van der Waals surface area contributed by atoms with Crippen LogP contribution in [0.15, 0.2) is 12.1 Å². The van der Waals surface area contributed by atoms with Gasteiger partial charge >= 0.3 is 6.03 Å². The maximum Gasteiger partial charge on any atom is 0.319 e. The number of benzene rings is 1. The van der Waals surface area contributed by atoms with Gasteiger partial charge in [-0.3, -0.25) is 15.0 Å². The molecule has 10 nitrogen and oxygen atoms in total. The fraction of sp³-hybridized carbons (Fsp3) is 0.542. The molecule has 1 fully saturated rings. The number of aliphatic hydroxyl groups excluding tert-OH is 1. The minimum absolute atomic E-state index is 0.0644. The van der Waals surface area contributed by atoms with Crippen molar-refractivity contribution in [1.82, 2.24) is 19.5 Å². The Labute approximate surface area is 229 Å². The Bertz CT molecular complexity index is 1080. The molecule has 3 rings (SSSR count). The summed E-state index contributed by atoms with van der Waals surface area (Å²) < 4.78 is 38.0. The van der Waals surface area contributed by atoms with Crippen LogP contribution < -0.4 is 21.1 Å². The first-order valence-electron chi connectivity index (χ1n) is 12.4. The molecule has 0 bridgehead atoms. The molecule has 5 N–H and O–H groups in total. The van der Waals surface area contributed by atoms with Gasteiger partial charge in [0.05, 0.1) is 12.2 Å². The van der Waals surface area contributed by atoms with Crippen LogP contribution in [-0.2, 0) is 0 Å². The summed E-state index contributed by atoms with van der Waals surface area (Å²) in [6, 6.07) is 1.37. The van der Waals surface area contributed by atoms with Crippen LogP contribution >= 0.6 is 23.1 Å². The molecule has 1 aliphatic heterocycles. The van der Waals surface area contributed by atoms with Crippen LogP contribution in [0.1, 0.15) is 48.2 Å². The lowest BCUT2D eigenvalue weighted by Crippen LogP contribution is -2.47. The lowest BCUT2D eigenvalue weighted by molar-refractivity contribution is 0.0994. The fourth-order valence-electron chi connectivity index (χ4n) is 4.19. The molecule has 0 radical (unpaired) electrons. The molecule has 0 aliphatic carbocycles. The fourth-order valence-corrected chi connectivity index (χ4v) is 5.11. The van der Waals surface area contributed by atoms with Gasteiger partial charge in [0.2, 0.25) is 5.88 Å². The molecule has 2 aromatic rings. The van der Waals surface area contributed by atoms with Crippen molar-refractivity contribution in [3.63, 3.8) is 0 Å². The van der Waals surface area contributed by atoms with Gasteiger partial charge in [-0.05, 0) is 50.0 Å². The monoisotopic (exact) mass is 574 g/mol. The highest BCUT2D eigenvalue weighted by Gasteiger charge is 2.26. The summed E-state index contributed by atoms with van der Waals surface area (Å²) in [5, 5.41) is 14.3. The second-order valence-electron chi connectivity index (χ2n) is 8.95. The first kappa shape index (κ1) is 30.0. The minimum atomic E-state index is -1.15. The van der Waals surface area contributed by atoms with E-state index in [-0.39, 0.29) is 33.6 Å². The molecule has 1 aromatic heterocycles. The molecule has 1 aromatic carbocycles. The van der Waals surface area contributed by atoms with Crippen molar-refractivity contribution in [3.05, 3.63) is 39.9 Å². The van der Waals surface area contributed by atoms with Gasteiger partial charge in [0.1, 0.15) is 28.3 Å². The number of anilines is 1. The number of piperazine rings is 1. The molecule has 1 unspecified atom stereocenters. The number of rotatable bonds is 13. The van der Waals surface area contributed by atoms with Gasteiger partial charge in [0, 0.05) is 44.3 Å². The van der Waals surface area contributed by atoms with Gasteiger partial charge in [-0.1, -0.05) is 18.0 Å². The average Bonchev–Trinajstić information content (AvgIpc) is 3.23. The Morgan fingerprint density at radius 1 is 1.16 bits per heavy atom. The molecule has 0 saturated carbocycles. The van der Waals surface area contributed by atoms with Crippen LogP contribution in [0.2, 0.25) is 5.02 Å². The second-order valence-corrected chi connectivity index (χ2v) is 10.2. The quantitative estimate of drug-likeness (QED) is 0.270. The average molecular weight is 575 g/mol. The summed E-state index contributed by atoms with van der Waals surface area (Å²) in [6.07, 6.45) is 1.58. The predicted molar refractivity (Wildman–Crippen MR) is 142 cm³/mol. The first-order chi connectivity index (χ1) is 18.2. The van der Waals surface area contributed by atoms with Crippen LogP contribution in [0.4, 0.5) is 18.6 Å². The number of aromatic nitrogens is 1. The number of hydrogen-bond donors (Lipinski definition) is 4. The highest BCUT2D eigenvalue weighted by molar-refractivity contribution is 7.11. The van der Waals surface area contributed by atoms with Gasteiger partial charge in [0.15, 0.2) is 0 Å². The summed E-state index contributed by atoms with van der Waals surface area (Å²) >= 11 is 6.43. The molecular weight excluding hydrogens is 542 g/mol. The van der Waals surface area contributed by atoms with E-state index in [1.807, 2.05) is 0 Å². The Morgan fingerprint density at radius 2 is 1.79 bits per heavy atom. The van der Waals surface area contributed by atoms with E-state index in [9.17, 15) is 18.4 Å². The Morgan fingerprint density at radius 3 is 2.39 bits per heavy atom. The van der Waals surface area contributed by atoms with E-state index >= 15 is 0 Å². The molecule has 2 heterocycles. The molecular formula is C24H33ClF2N6O4S. The number of nitrogens with one attached hydrogen (secondary N) is 2. The standard InChI is InChI=1S/C24H33ClF2N6O4S/c1-15(19-17(26)13-16(25)14-18(19)27)37-22-20(21(28)35)23(38-31-22)30-24(36)29-5-3-2-4-6-32-7-9-33(10-8-32)11-12-34/h13-15,34H,2-12H2,1H3,(H2,28,35)(H2,29,30,36). The number of amides is 3. The number of aliphatic hydroxyl groups is 1. The third-order valence-corrected chi connectivity index (χ3v) is 7.15. The lowest BCUT2D eigenvalue weighted by Gasteiger charge is -2.34. The lowest BCUT2D eigenvalue weighted by atomic mass is 10.1. The highest BCUT2D eigenvalue weighted by Crippen LogP contribution is 2.34. The topological polar surface area (TPSA) is 133 Å². The Hall–Kier alpha value is -2.58. The number of β-amino-alcohol motifs (C(OH)–C–C–N with tert-alkyl or cyclic N) is 1. The number of hydrogen-bond acceptors (Lipinski definition) is 8. The van der Waals surface area contributed by atoms with Crippen molar-refractivity contribution in [2.75, 3.05) is 57.7 Å². The highest BCUT2D eigenvalue weighted by atomic mass is 35.5. The Balaban J connectivity index is 1.44. The van der Waals surface area contributed by atoms with E-state index < -0.39 is 29.7 Å². The smallest absolute Gasteiger partial charge is 0.319 e. The van der Waals surface area contributed by atoms with Crippen LogP contribution in [0.5, 0.6) is 5.88 Å². The van der Waals surface area contributed by atoms with E-state index in [4.69, 9.17) is 27.2 Å². The van der Waals surface area contributed by atoms with Crippen LogP contribution in [0.25, 0.3) is 0 Å². The van der Waals surface area contributed by atoms with Crippen LogP contribution in [0.3, 0.4) is 0 Å². The maximum atomic E-state index is 14.2. The van der Waals surface area contributed by atoms with E-state index in [2.05, 4.69) is 24.8 Å². The zero-order chi connectivity index (χ0) is 27.7. The molecule has 3 amide bonds. The first-order valence-corrected chi connectivity index (χ1v) is 13.6. The molecule has 1 atom stereocenters. The molecule has 14 heteroatoms. The third kappa shape index (κ3) is 8.46. The van der Waals surface area contributed by atoms with Crippen molar-refractivity contribution < 1.29 is 28.2 Å². The van der Waals surface area contributed by atoms with E-state index in [0.29, 0.717) is 6.54 Å². The second kappa shape index (κ2) is 14.5. The van der Waals surface area contributed by atoms with Crippen molar-refractivity contribution in [1.29, 1.82) is 0 Å². The number of urea groups is 1. The van der Waals surface area contributed by atoms with Gasteiger partial charge in [-0.15, -0.1) is 0 Å². The number of primary amides is 1. The van der Waals surface area contributed by atoms with Gasteiger partial charge < -0.3 is 25.8 Å². The van der Waals surface area contributed by atoms with Crippen LogP contribution in [0, 0.1) is 11.6 Å². The predicted octanol–water partition coefficient (Wildman–Crippen LogP) is 3.22. The Kier molecular flexibility index (Phi) is 11.5. The van der Waals surface area contributed by atoms with E-state index in [0.717, 1.165) is 82.2 Å². The number of carbonyl (C=O) groups is 2. The molecule has 38 heavy (non-hydrogen) atoms. The summed E-state index contributed by atoms with van der Waals surface area (Å²) in [6.45, 7) is 7.65. The van der Waals surface area contributed by atoms with Crippen LogP contribution in [-0.4, -0.2) is 83.6 Å². The molecule has 1 saturated heterocycles. The zero-order valence-electron chi connectivity index (χ0n) is 21.1. The summed E-state index contributed by atoms with van der Waals surface area (Å²) in [5.41, 5.74) is 4.89. The molecule has 0 spiro atoms. The van der Waals surface area contributed by atoms with Crippen molar-refractivity contribution in [2.24, 2.45) is 5.73 Å². The normalized spacial score (nSPS) is 15.3. The van der Waals surface area contributed by atoms with Crippen molar-refractivity contribution in [2.45, 2.75) is 32.3 Å². The zero-order valence-corrected chi connectivity index (χ0v) is 22.7.